The van der Waals surface area contributed by atoms with Crippen molar-refractivity contribution in [1.29, 1.82) is 0 Å². The second kappa shape index (κ2) is 2.54. The van der Waals surface area contributed by atoms with Crippen LogP contribution in [0.2, 0.25) is 0 Å². The molecule has 0 saturated heterocycles. The van der Waals surface area contributed by atoms with Crippen LogP contribution in [0.5, 0.6) is 0 Å². The summed E-state index contributed by atoms with van der Waals surface area (Å²) in [5.74, 6) is 0. The molecular formula is C6H14BN. The molecule has 1 nitrogen and oxygen atoms in total. The van der Waals surface area contributed by atoms with Gasteiger partial charge in [-0.1, -0.05) is 13.8 Å². The number of rotatable bonds is 2. The first-order chi connectivity index (χ1) is 3.50. The zero-order valence-electron chi connectivity index (χ0n) is 6.23. The van der Waals surface area contributed by atoms with Gasteiger partial charge in [-0.25, -0.2) is 0 Å². The molecule has 0 amide bonds. The van der Waals surface area contributed by atoms with Crippen LogP contribution >= 0.6 is 0 Å². The van der Waals surface area contributed by atoms with Crippen molar-refractivity contribution in [3.05, 3.63) is 0 Å². The summed E-state index contributed by atoms with van der Waals surface area (Å²) < 4.78 is 0. The van der Waals surface area contributed by atoms with Crippen LogP contribution in [0.4, 0.5) is 0 Å². The Morgan fingerprint density at radius 3 is 1.88 bits per heavy atom. The summed E-state index contributed by atoms with van der Waals surface area (Å²) in [6.07, 6.45) is 0.986. The highest BCUT2D eigenvalue weighted by molar-refractivity contribution is 6.14. The minimum atomic E-state index is -0.125. The van der Waals surface area contributed by atoms with Crippen molar-refractivity contribution in [1.82, 2.24) is 4.90 Å². The fourth-order valence-electron chi connectivity index (χ4n) is 0.316. The molecule has 8 heavy (non-hydrogen) atoms. The van der Waals surface area contributed by atoms with Crippen LogP contribution in [0.15, 0.2) is 0 Å². The van der Waals surface area contributed by atoms with E-state index < -0.39 is 0 Å². The summed E-state index contributed by atoms with van der Waals surface area (Å²) >= 11 is 0. The molecule has 0 aliphatic carbocycles. The maximum Gasteiger partial charge on any atom is 0.0953 e. The summed E-state index contributed by atoms with van der Waals surface area (Å²) in [6.45, 7) is 4.10. The van der Waals surface area contributed by atoms with E-state index in [2.05, 4.69) is 6.92 Å². The van der Waals surface area contributed by atoms with Crippen molar-refractivity contribution < 1.29 is 0 Å². The van der Waals surface area contributed by atoms with Crippen LogP contribution in [0.3, 0.4) is 0 Å². The molecule has 0 spiro atoms. The first-order valence-corrected chi connectivity index (χ1v) is 2.97. The lowest BCUT2D eigenvalue weighted by molar-refractivity contribution is 0.261. The Hall–Kier alpha value is 0.0249. The zero-order valence-corrected chi connectivity index (χ0v) is 6.23. The SMILES string of the molecule is [B]C(C)(CC)N(C)C. The second-order valence-electron chi connectivity index (χ2n) is 2.61. The van der Waals surface area contributed by atoms with Gasteiger partial charge in [-0.3, -0.25) is 0 Å². The van der Waals surface area contributed by atoms with E-state index in [0.29, 0.717) is 0 Å². The largest absolute Gasteiger partial charge is 0.313 e. The molecule has 0 aliphatic heterocycles. The Kier molecular flexibility index (Phi) is 2.55. The molecule has 0 bridgehead atoms. The standard InChI is InChI=1S/C6H14BN/c1-5-6(2,7)8(3)4/h5H2,1-4H3. The Labute approximate surface area is 53.5 Å². The van der Waals surface area contributed by atoms with E-state index in [-0.39, 0.29) is 5.44 Å². The number of nitrogens with zero attached hydrogens (tertiary/aromatic N) is 1. The average molecular weight is 111 g/mol. The molecule has 46 valence electrons. The maximum absolute atomic E-state index is 5.78. The summed E-state index contributed by atoms with van der Waals surface area (Å²) in [5, 5.41) is 0. The topological polar surface area (TPSA) is 3.24 Å². The first kappa shape index (κ1) is 8.02. The van der Waals surface area contributed by atoms with Crippen LogP contribution in [-0.4, -0.2) is 32.3 Å². The van der Waals surface area contributed by atoms with Crippen LogP contribution in [-0.2, 0) is 0 Å². The molecule has 0 aromatic carbocycles. The van der Waals surface area contributed by atoms with Crippen LogP contribution in [0, 0.1) is 0 Å². The van der Waals surface area contributed by atoms with Gasteiger partial charge in [0.2, 0.25) is 0 Å². The third kappa shape index (κ3) is 1.87. The minimum Gasteiger partial charge on any atom is -0.313 e. The van der Waals surface area contributed by atoms with Crippen molar-refractivity contribution in [2.24, 2.45) is 0 Å². The van der Waals surface area contributed by atoms with Gasteiger partial charge < -0.3 is 4.90 Å². The van der Waals surface area contributed by atoms with E-state index in [1.807, 2.05) is 25.9 Å². The lowest BCUT2D eigenvalue weighted by Gasteiger charge is -2.31. The van der Waals surface area contributed by atoms with E-state index in [0.717, 1.165) is 6.42 Å². The normalized spacial score (nSPS) is 18.6. The molecule has 0 N–H and O–H groups in total. The van der Waals surface area contributed by atoms with Crippen molar-refractivity contribution in [2.45, 2.75) is 25.7 Å². The Morgan fingerprint density at radius 2 is 1.88 bits per heavy atom. The van der Waals surface area contributed by atoms with Gasteiger partial charge in [-0.05, 0) is 26.0 Å². The maximum atomic E-state index is 5.78. The predicted molar refractivity (Wildman–Crippen MR) is 38.1 cm³/mol. The van der Waals surface area contributed by atoms with Gasteiger partial charge in [0.25, 0.3) is 0 Å². The molecule has 1 atom stereocenters. The molecule has 0 heterocycles. The molecule has 2 radical (unpaired) electrons. The van der Waals surface area contributed by atoms with Crippen LogP contribution in [0.1, 0.15) is 20.3 Å². The smallest absolute Gasteiger partial charge is 0.0953 e. The summed E-state index contributed by atoms with van der Waals surface area (Å²) in [7, 11) is 9.76. The van der Waals surface area contributed by atoms with Gasteiger partial charge >= 0.3 is 0 Å². The van der Waals surface area contributed by atoms with Crippen LogP contribution < -0.4 is 0 Å². The van der Waals surface area contributed by atoms with Crippen molar-refractivity contribution in [3.8, 4) is 0 Å². The van der Waals surface area contributed by atoms with E-state index in [4.69, 9.17) is 7.85 Å². The van der Waals surface area contributed by atoms with Gasteiger partial charge in [0, 0.05) is 0 Å². The Balaban J connectivity index is 3.71. The zero-order chi connectivity index (χ0) is 6.78. The highest BCUT2D eigenvalue weighted by atomic mass is 15.1. The monoisotopic (exact) mass is 111 g/mol. The average Bonchev–Trinajstić information content (AvgIpc) is 1.67. The molecule has 0 saturated carbocycles. The quantitative estimate of drug-likeness (QED) is 0.477. The summed E-state index contributed by atoms with van der Waals surface area (Å²) in [5.41, 5.74) is -0.125. The van der Waals surface area contributed by atoms with Crippen LogP contribution in [0.25, 0.3) is 0 Å². The minimum absolute atomic E-state index is 0.125. The molecule has 0 aromatic heterocycles. The number of hydrogen-bond donors (Lipinski definition) is 0. The lowest BCUT2D eigenvalue weighted by Crippen LogP contribution is -2.40. The molecule has 0 rings (SSSR count). The van der Waals surface area contributed by atoms with E-state index in [9.17, 15) is 0 Å². The fourth-order valence-corrected chi connectivity index (χ4v) is 0.316. The molecule has 0 fully saturated rings. The third-order valence-electron chi connectivity index (χ3n) is 1.74. The van der Waals surface area contributed by atoms with Gasteiger partial charge in [-0.15, -0.1) is 0 Å². The van der Waals surface area contributed by atoms with Crippen molar-refractivity contribution >= 4 is 7.85 Å². The molecule has 2 heteroatoms. The Bertz CT molecular complexity index is 68.9. The molecule has 0 aromatic rings. The van der Waals surface area contributed by atoms with E-state index >= 15 is 0 Å². The van der Waals surface area contributed by atoms with Gasteiger partial charge in [-0.2, -0.15) is 0 Å². The first-order valence-electron chi connectivity index (χ1n) is 2.97. The number of hydrogen-bond acceptors (Lipinski definition) is 1. The van der Waals surface area contributed by atoms with Gasteiger partial charge in [0.05, 0.1) is 7.85 Å². The molecular weight excluding hydrogens is 96.9 g/mol. The molecule has 0 aliphatic rings. The summed E-state index contributed by atoms with van der Waals surface area (Å²) in [4.78, 5) is 2.02. The van der Waals surface area contributed by atoms with E-state index in [1.165, 1.54) is 0 Å². The van der Waals surface area contributed by atoms with E-state index in [1.54, 1.807) is 0 Å². The summed E-state index contributed by atoms with van der Waals surface area (Å²) in [6, 6.07) is 0. The van der Waals surface area contributed by atoms with Crippen molar-refractivity contribution in [2.75, 3.05) is 14.1 Å². The highest BCUT2D eigenvalue weighted by Crippen LogP contribution is 2.08. The second-order valence-corrected chi connectivity index (χ2v) is 2.61. The van der Waals surface area contributed by atoms with Gasteiger partial charge in [0.15, 0.2) is 0 Å². The predicted octanol–water partition coefficient (Wildman–Crippen LogP) is 0.843. The third-order valence-corrected chi connectivity index (χ3v) is 1.74. The Morgan fingerprint density at radius 1 is 1.50 bits per heavy atom. The van der Waals surface area contributed by atoms with Crippen molar-refractivity contribution in [3.63, 3.8) is 0 Å². The lowest BCUT2D eigenvalue weighted by atomic mass is 9.76. The fraction of sp³-hybridized carbons (Fsp3) is 1.00. The highest BCUT2D eigenvalue weighted by Gasteiger charge is 2.15. The molecule has 1 unspecified atom stereocenters. The van der Waals surface area contributed by atoms with Gasteiger partial charge in [0.1, 0.15) is 0 Å².